The zero-order chi connectivity index (χ0) is 30.8. The van der Waals surface area contributed by atoms with Crippen LogP contribution in [0.2, 0.25) is 0 Å². The fourth-order valence-corrected chi connectivity index (χ4v) is 9.05. The first-order chi connectivity index (χ1) is 20.4. The van der Waals surface area contributed by atoms with Gasteiger partial charge < -0.3 is 9.47 Å². The van der Waals surface area contributed by atoms with E-state index in [1.165, 1.54) is 11.3 Å². The lowest BCUT2D eigenvalue weighted by Gasteiger charge is -2.20. The number of allylic oxidation sites excluding steroid dienone is 1. The Kier molecular flexibility index (Phi) is 9.61. The zero-order valence-corrected chi connectivity index (χ0v) is 27.2. The van der Waals surface area contributed by atoms with Gasteiger partial charge in [0, 0.05) is 31.0 Å². The van der Waals surface area contributed by atoms with Gasteiger partial charge in [-0.05, 0) is 43.2 Å². The summed E-state index contributed by atoms with van der Waals surface area (Å²) in [5, 5.41) is 2.27. The summed E-state index contributed by atoms with van der Waals surface area (Å²) < 4.78 is 68.6. The number of hydrogen-bond acceptors (Lipinski definition) is 9. The van der Waals surface area contributed by atoms with Gasteiger partial charge in [-0.2, -0.15) is 21.4 Å². The van der Waals surface area contributed by atoms with Gasteiger partial charge in [0.1, 0.15) is 14.7 Å². The van der Waals surface area contributed by atoms with Gasteiger partial charge in [-0.3, -0.25) is 13.9 Å². The van der Waals surface area contributed by atoms with Crippen molar-refractivity contribution in [2.45, 2.75) is 30.7 Å². The van der Waals surface area contributed by atoms with Crippen LogP contribution in [0, 0.1) is 0 Å². The van der Waals surface area contributed by atoms with Gasteiger partial charge in [0.15, 0.2) is 6.54 Å². The maximum Gasteiger partial charge on any atom is 0.265 e. The molecule has 0 atom stereocenters. The average Bonchev–Trinajstić information content (AvgIpc) is 3.55. The number of unbranched alkanes of at least 4 members (excludes halogenated alkanes) is 1. The van der Waals surface area contributed by atoms with Crippen LogP contribution in [0.25, 0.3) is 22.4 Å². The molecule has 1 aliphatic rings. The van der Waals surface area contributed by atoms with Crippen LogP contribution in [0.3, 0.4) is 0 Å². The number of nitrogens with zero attached hydrogens (tertiary/aromatic N) is 3. The highest BCUT2D eigenvalue weighted by Crippen LogP contribution is 2.45. The van der Waals surface area contributed by atoms with Crippen molar-refractivity contribution in [1.82, 2.24) is 4.57 Å². The minimum atomic E-state index is -4.07. The first-order valence-electron chi connectivity index (χ1n) is 13.4. The Morgan fingerprint density at radius 2 is 1.58 bits per heavy atom. The van der Waals surface area contributed by atoms with E-state index in [0.717, 1.165) is 46.8 Å². The SMILES string of the molecule is Cn1c(=Cc2sc3ccccc3[n+]2CCCS(=O)(=O)O)sc(=O)c1=CC=C1Sc2ccccc2N1CCCCS(=O)(=O)O. The number of rotatable bonds is 11. The third-order valence-corrected chi connectivity index (χ3v) is 11.7. The molecule has 2 aromatic carbocycles. The summed E-state index contributed by atoms with van der Waals surface area (Å²) >= 11 is 4.23. The van der Waals surface area contributed by atoms with Gasteiger partial charge in [-0.25, -0.2) is 0 Å². The molecule has 0 saturated heterocycles. The zero-order valence-electron chi connectivity index (χ0n) is 23.1. The van der Waals surface area contributed by atoms with Gasteiger partial charge in [0.05, 0.1) is 28.3 Å². The van der Waals surface area contributed by atoms with Crippen LogP contribution in [0.5, 0.6) is 0 Å². The smallest absolute Gasteiger partial charge is 0.265 e. The maximum absolute atomic E-state index is 13.1. The van der Waals surface area contributed by atoms with Crippen LogP contribution < -0.4 is 24.2 Å². The van der Waals surface area contributed by atoms with E-state index in [0.29, 0.717) is 31.3 Å². The summed E-state index contributed by atoms with van der Waals surface area (Å²) in [6.07, 6.45) is 6.75. The van der Waals surface area contributed by atoms with Crippen molar-refractivity contribution in [2.75, 3.05) is 23.0 Å². The van der Waals surface area contributed by atoms with Crippen molar-refractivity contribution in [2.24, 2.45) is 7.05 Å². The Morgan fingerprint density at radius 1 is 0.884 bits per heavy atom. The Balaban J connectivity index is 1.47. The molecular formula is C28H30N3O7S5+. The van der Waals surface area contributed by atoms with Crippen LogP contribution >= 0.6 is 34.4 Å². The van der Waals surface area contributed by atoms with Crippen molar-refractivity contribution < 1.29 is 30.5 Å². The van der Waals surface area contributed by atoms with Crippen LogP contribution in [-0.2, 0) is 33.8 Å². The normalized spacial score (nSPS) is 15.7. The van der Waals surface area contributed by atoms with Gasteiger partial charge in [0.2, 0.25) is 5.52 Å². The molecule has 3 heterocycles. The quantitative estimate of drug-likeness (QED) is 0.139. The Hall–Kier alpha value is -2.79. The molecule has 2 N–H and O–H groups in total. The highest BCUT2D eigenvalue weighted by Gasteiger charge is 2.24. The molecule has 228 valence electrons. The number of para-hydroxylation sites is 2. The molecule has 10 nitrogen and oxygen atoms in total. The lowest BCUT2D eigenvalue weighted by Crippen LogP contribution is -2.37. The second-order valence-corrected chi connectivity index (χ2v) is 16.2. The third kappa shape index (κ3) is 7.84. The largest absolute Gasteiger partial charge is 0.335 e. The molecule has 0 bridgehead atoms. The summed E-state index contributed by atoms with van der Waals surface area (Å²) in [4.78, 5) is 16.3. The average molecular weight is 681 g/mol. The molecule has 5 rings (SSSR count). The lowest BCUT2D eigenvalue weighted by atomic mass is 10.2. The molecule has 0 fully saturated rings. The summed E-state index contributed by atoms with van der Waals surface area (Å²) in [7, 11) is -6.25. The second kappa shape index (κ2) is 13.1. The Bertz CT molecular complexity index is 2100. The second-order valence-electron chi connectivity index (χ2n) is 9.90. The molecule has 15 heteroatoms. The summed E-state index contributed by atoms with van der Waals surface area (Å²) in [6, 6.07) is 15.7. The minimum Gasteiger partial charge on any atom is -0.335 e. The van der Waals surface area contributed by atoms with Gasteiger partial charge >= 0.3 is 0 Å². The van der Waals surface area contributed by atoms with Crippen LogP contribution in [0.1, 0.15) is 24.3 Å². The lowest BCUT2D eigenvalue weighted by molar-refractivity contribution is -0.668. The number of aryl methyl sites for hydroxylation is 1. The van der Waals surface area contributed by atoms with E-state index in [9.17, 15) is 26.2 Å². The number of thioether (sulfide) groups is 1. The van der Waals surface area contributed by atoms with Crippen molar-refractivity contribution in [1.29, 1.82) is 0 Å². The van der Waals surface area contributed by atoms with Crippen molar-refractivity contribution in [3.63, 3.8) is 0 Å². The highest BCUT2D eigenvalue weighted by atomic mass is 32.2. The fraction of sp³-hybridized carbons (Fsp3) is 0.286. The number of fused-ring (bicyclic) bond motifs is 2. The molecule has 0 spiro atoms. The van der Waals surface area contributed by atoms with Gasteiger partial charge in [-0.15, -0.1) is 0 Å². The number of thiazole rings is 2. The van der Waals surface area contributed by atoms with E-state index in [4.69, 9.17) is 4.55 Å². The van der Waals surface area contributed by atoms with Crippen molar-refractivity contribution >= 4 is 82.7 Å². The first-order valence-corrected chi connectivity index (χ1v) is 19.0. The van der Waals surface area contributed by atoms with E-state index < -0.39 is 20.2 Å². The van der Waals surface area contributed by atoms with Crippen LogP contribution in [0.15, 0.2) is 69.3 Å². The molecular weight excluding hydrogens is 651 g/mol. The molecule has 0 radical (unpaired) electrons. The number of hydrogen-bond donors (Lipinski definition) is 2. The number of benzene rings is 2. The minimum absolute atomic E-state index is 0.107. The van der Waals surface area contributed by atoms with E-state index >= 15 is 0 Å². The molecule has 0 unspecified atom stereocenters. The maximum atomic E-state index is 13.1. The van der Waals surface area contributed by atoms with Gasteiger partial charge in [-0.1, -0.05) is 58.7 Å². The molecule has 0 saturated carbocycles. The number of anilines is 1. The summed E-state index contributed by atoms with van der Waals surface area (Å²) in [5.74, 6) is -0.626. The van der Waals surface area contributed by atoms with Gasteiger partial charge in [0.25, 0.3) is 30.0 Å². The topological polar surface area (TPSA) is 138 Å². The van der Waals surface area contributed by atoms with E-state index in [1.54, 1.807) is 17.8 Å². The fourth-order valence-electron chi connectivity index (χ4n) is 4.79. The molecule has 0 amide bonds. The Morgan fingerprint density at radius 3 is 2.35 bits per heavy atom. The van der Waals surface area contributed by atoms with Crippen molar-refractivity contribution in [3.05, 3.63) is 84.2 Å². The molecule has 2 aromatic heterocycles. The standard InChI is InChI=1S/C28H29N3O7S5/c1-29-22(13-14-25-30(15-6-7-17-42(33,34)35)20-9-2-4-11-23(20)39-25)28(32)41-26(29)19-27-31(16-8-18-43(36,37)38)21-10-3-5-12-24(21)40-27/h2-5,9-14,19H,6-8,15-18H2,1H3,(H-,33,34,35,36,37,38)/p+1. The van der Waals surface area contributed by atoms with E-state index in [1.807, 2.05) is 76.9 Å². The van der Waals surface area contributed by atoms with Crippen LogP contribution in [-0.4, -0.2) is 48.6 Å². The first kappa shape index (κ1) is 31.6. The third-order valence-electron chi connectivity index (χ3n) is 6.82. The highest BCUT2D eigenvalue weighted by molar-refractivity contribution is 8.03. The summed E-state index contributed by atoms with van der Waals surface area (Å²) in [5.41, 5.74) is 1.95. The monoisotopic (exact) mass is 680 g/mol. The summed E-state index contributed by atoms with van der Waals surface area (Å²) in [6.45, 7) is 0.944. The van der Waals surface area contributed by atoms with Crippen LogP contribution in [0.4, 0.5) is 5.69 Å². The predicted molar refractivity (Wildman–Crippen MR) is 173 cm³/mol. The van der Waals surface area contributed by atoms with E-state index in [2.05, 4.69) is 4.90 Å². The number of aromatic nitrogens is 2. The Labute approximate surface area is 261 Å². The molecule has 43 heavy (non-hydrogen) atoms. The van der Waals surface area contributed by atoms with Crippen molar-refractivity contribution in [3.8, 4) is 0 Å². The molecule has 4 aromatic rings. The molecule has 1 aliphatic heterocycles. The van der Waals surface area contributed by atoms with E-state index in [-0.39, 0.29) is 22.7 Å². The predicted octanol–water partition coefficient (Wildman–Crippen LogP) is 2.96. The molecule has 0 aliphatic carbocycles.